The summed E-state index contributed by atoms with van der Waals surface area (Å²) in [4.78, 5) is 21.0. The van der Waals surface area contributed by atoms with E-state index in [1.807, 2.05) is 35.2 Å². The lowest BCUT2D eigenvalue weighted by atomic mass is 10.1. The summed E-state index contributed by atoms with van der Waals surface area (Å²) in [5.41, 5.74) is 1.66. The normalized spacial score (nSPS) is 22.2. The molecule has 1 aromatic heterocycles. The Morgan fingerprint density at radius 3 is 2.46 bits per heavy atom. The molecule has 0 spiro atoms. The number of urea groups is 1. The highest BCUT2D eigenvalue weighted by Crippen LogP contribution is 2.41. The maximum Gasteiger partial charge on any atom is 0.321 e. The second kappa shape index (κ2) is 7.33. The number of pyridine rings is 1. The van der Waals surface area contributed by atoms with Crippen LogP contribution in [0, 0.1) is 0 Å². The highest BCUT2D eigenvalue weighted by Gasteiger charge is 2.40. The molecule has 2 saturated heterocycles. The molecule has 136 valence electrons. The van der Waals surface area contributed by atoms with E-state index in [1.54, 1.807) is 12.4 Å². The number of halogens is 2. The van der Waals surface area contributed by atoms with Gasteiger partial charge >= 0.3 is 6.03 Å². The monoisotopic (exact) mass is 390 g/mol. The summed E-state index contributed by atoms with van der Waals surface area (Å²) in [5.74, 6) is 0. The van der Waals surface area contributed by atoms with E-state index >= 15 is 0 Å². The summed E-state index contributed by atoms with van der Waals surface area (Å²) in [5, 5.41) is 4.12. The van der Waals surface area contributed by atoms with Crippen molar-refractivity contribution < 1.29 is 4.79 Å². The van der Waals surface area contributed by atoms with Crippen molar-refractivity contribution in [2.75, 3.05) is 23.3 Å². The Labute approximate surface area is 162 Å². The number of aromatic nitrogens is 1. The lowest BCUT2D eigenvalue weighted by Crippen LogP contribution is -2.43. The number of carbonyl (C=O) groups excluding carboxylic acids is 1. The van der Waals surface area contributed by atoms with E-state index in [0.717, 1.165) is 37.2 Å². The number of hydrogen-bond acceptors (Lipinski definition) is 3. The van der Waals surface area contributed by atoms with E-state index in [4.69, 9.17) is 23.2 Å². The lowest BCUT2D eigenvalue weighted by Gasteiger charge is -2.32. The smallest absolute Gasteiger partial charge is 0.321 e. The van der Waals surface area contributed by atoms with Crippen molar-refractivity contribution >= 4 is 40.6 Å². The molecule has 1 aromatic carbocycles. The summed E-state index contributed by atoms with van der Waals surface area (Å²) in [6.45, 7) is 1.38. The Hall–Kier alpha value is -1.98. The molecule has 5 nitrogen and oxygen atoms in total. The van der Waals surface area contributed by atoms with Crippen molar-refractivity contribution in [2.24, 2.45) is 0 Å². The number of benzene rings is 1. The molecule has 1 N–H and O–H groups in total. The second-order valence-corrected chi connectivity index (χ2v) is 7.59. The Bertz CT molecular complexity index is 781. The summed E-state index contributed by atoms with van der Waals surface area (Å²) in [6.07, 6.45) is 6.27. The minimum Gasteiger partial charge on any atom is -0.361 e. The molecule has 2 fully saturated rings. The lowest BCUT2D eigenvalue weighted by molar-refractivity contribution is 0.209. The number of para-hydroxylation sites is 1. The van der Waals surface area contributed by atoms with Gasteiger partial charge in [-0.2, -0.15) is 0 Å². The zero-order chi connectivity index (χ0) is 18.1. The Morgan fingerprint density at radius 1 is 1.04 bits per heavy atom. The van der Waals surface area contributed by atoms with Crippen molar-refractivity contribution in [3.8, 4) is 0 Å². The molecule has 0 aliphatic carbocycles. The van der Waals surface area contributed by atoms with E-state index < -0.39 is 0 Å². The van der Waals surface area contributed by atoms with Crippen LogP contribution in [0.5, 0.6) is 0 Å². The number of rotatable bonds is 2. The van der Waals surface area contributed by atoms with Gasteiger partial charge in [0, 0.05) is 43.3 Å². The Kier molecular flexibility index (Phi) is 4.92. The van der Waals surface area contributed by atoms with Crippen LogP contribution < -0.4 is 10.2 Å². The van der Waals surface area contributed by atoms with Crippen molar-refractivity contribution in [2.45, 2.75) is 31.3 Å². The molecule has 2 unspecified atom stereocenters. The molecule has 0 radical (unpaired) electrons. The van der Waals surface area contributed by atoms with Crippen LogP contribution in [-0.4, -0.2) is 41.1 Å². The topological polar surface area (TPSA) is 48.5 Å². The van der Waals surface area contributed by atoms with E-state index in [0.29, 0.717) is 22.6 Å². The van der Waals surface area contributed by atoms with Gasteiger partial charge in [0.05, 0.1) is 15.7 Å². The van der Waals surface area contributed by atoms with Gasteiger partial charge in [0.2, 0.25) is 0 Å². The number of likely N-dealkylation sites (tertiary alicyclic amines) is 1. The van der Waals surface area contributed by atoms with Crippen LogP contribution in [0.2, 0.25) is 10.0 Å². The molecule has 7 heteroatoms. The number of hydrogen-bond donors (Lipinski definition) is 1. The number of anilines is 2. The van der Waals surface area contributed by atoms with Gasteiger partial charge in [-0.05, 0) is 31.4 Å². The van der Waals surface area contributed by atoms with Gasteiger partial charge in [-0.15, -0.1) is 0 Å². The summed E-state index contributed by atoms with van der Waals surface area (Å²) >= 11 is 12.8. The number of fused-ring (bicyclic) bond motifs is 2. The molecule has 4 rings (SSSR count). The third-order valence-electron chi connectivity index (χ3n) is 5.18. The predicted octanol–water partition coefficient (Wildman–Crippen LogP) is 4.66. The highest BCUT2D eigenvalue weighted by atomic mass is 35.5. The van der Waals surface area contributed by atoms with Crippen molar-refractivity contribution in [3.63, 3.8) is 0 Å². The van der Waals surface area contributed by atoms with E-state index in [-0.39, 0.29) is 12.1 Å². The van der Waals surface area contributed by atoms with Crippen molar-refractivity contribution in [3.05, 3.63) is 52.8 Å². The zero-order valence-corrected chi connectivity index (χ0v) is 15.7. The minimum absolute atomic E-state index is 0.0596. The fourth-order valence-corrected chi connectivity index (χ4v) is 4.56. The number of carbonyl (C=O) groups is 1. The fraction of sp³-hybridized carbons (Fsp3) is 0.368. The van der Waals surface area contributed by atoms with Gasteiger partial charge in [-0.25, -0.2) is 4.79 Å². The zero-order valence-electron chi connectivity index (χ0n) is 14.2. The van der Waals surface area contributed by atoms with Gasteiger partial charge in [0.25, 0.3) is 0 Å². The first-order valence-electron chi connectivity index (χ1n) is 8.82. The third-order valence-corrected chi connectivity index (χ3v) is 5.74. The first-order chi connectivity index (χ1) is 12.6. The largest absolute Gasteiger partial charge is 0.361 e. The molecule has 2 aliphatic heterocycles. The first kappa shape index (κ1) is 17.4. The van der Waals surface area contributed by atoms with E-state index in [9.17, 15) is 4.79 Å². The van der Waals surface area contributed by atoms with Crippen molar-refractivity contribution in [1.29, 1.82) is 0 Å². The van der Waals surface area contributed by atoms with Crippen molar-refractivity contribution in [1.82, 2.24) is 9.88 Å². The van der Waals surface area contributed by atoms with Crippen LogP contribution in [0.15, 0.2) is 42.7 Å². The van der Waals surface area contributed by atoms with Crippen LogP contribution in [0.25, 0.3) is 0 Å². The number of amides is 2. The average Bonchev–Trinajstić information content (AvgIpc) is 2.90. The maximum absolute atomic E-state index is 12.7. The van der Waals surface area contributed by atoms with Crippen LogP contribution in [-0.2, 0) is 0 Å². The van der Waals surface area contributed by atoms with E-state index in [2.05, 4.69) is 15.2 Å². The molecule has 0 saturated carbocycles. The third kappa shape index (κ3) is 3.33. The fourth-order valence-electron chi connectivity index (χ4n) is 4.00. The summed E-state index contributed by atoms with van der Waals surface area (Å²) in [6, 6.07) is 10.0. The first-order valence-corrected chi connectivity index (χ1v) is 9.57. The summed E-state index contributed by atoms with van der Waals surface area (Å²) < 4.78 is 0. The van der Waals surface area contributed by atoms with Gasteiger partial charge in [-0.3, -0.25) is 4.98 Å². The molecular formula is C19H20Cl2N4O. The van der Waals surface area contributed by atoms with Crippen LogP contribution >= 0.6 is 23.2 Å². The maximum atomic E-state index is 12.7. The second-order valence-electron chi connectivity index (χ2n) is 6.77. The SMILES string of the molecule is O=C(Nc1ccccc1)N1CCC2CCC(C1)N2c1c(Cl)cncc1Cl. The molecule has 2 bridgehead atoms. The molecule has 2 aromatic rings. The van der Waals surface area contributed by atoms with Gasteiger partial charge in [0.15, 0.2) is 0 Å². The Balaban J connectivity index is 1.54. The van der Waals surface area contributed by atoms with E-state index in [1.165, 1.54) is 0 Å². The van der Waals surface area contributed by atoms with Gasteiger partial charge in [0.1, 0.15) is 0 Å². The number of nitrogens with zero attached hydrogens (tertiary/aromatic N) is 3. The molecule has 2 amide bonds. The standard InChI is InChI=1S/C19H20Cl2N4O/c20-16-10-22-11-17(21)18(16)25-14-6-7-15(25)12-24(9-8-14)19(26)23-13-4-2-1-3-5-13/h1-5,10-11,14-15H,6-9,12H2,(H,23,26). The Morgan fingerprint density at radius 2 is 1.73 bits per heavy atom. The van der Waals surface area contributed by atoms with Crippen LogP contribution in [0.4, 0.5) is 16.2 Å². The molecule has 3 heterocycles. The quantitative estimate of drug-likeness (QED) is 0.810. The predicted molar refractivity (Wildman–Crippen MR) is 105 cm³/mol. The van der Waals surface area contributed by atoms with Crippen LogP contribution in [0.1, 0.15) is 19.3 Å². The van der Waals surface area contributed by atoms with Gasteiger partial charge < -0.3 is 15.1 Å². The van der Waals surface area contributed by atoms with Gasteiger partial charge in [-0.1, -0.05) is 41.4 Å². The van der Waals surface area contributed by atoms with Crippen LogP contribution in [0.3, 0.4) is 0 Å². The summed E-state index contributed by atoms with van der Waals surface area (Å²) in [7, 11) is 0. The number of nitrogens with one attached hydrogen (secondary N) is 1. The molecule has 26 heavy (non-hydrogen) atoms. The molecular weight excluding hydrogens is 371 g/mol. The highest BCUT2D eigenvalue weighted by molar-refractivity contribution is 6.39. The molecule has 2 aliphatic rings. The minimum atomic E-state index is -0.0596. The average molecular weight is 391 g/mol. The molecule has 2 atom stereocenters.